The smallest absolute Gasteiger partial charge is 0.126 e. The lowest BCUT2D eigenvalue weighted by Crippen LogP contribution is -1.69. The first-order valence-electron chi connectivity index (χ1n) is 2.15. The predicted molar refractivity (Wildman–Crippen MR) is 16.4 cm³/mol. The van der Waals surface area contributed by atoms with Crippen molar-refractivity contribution < 1.29 is 7.54 Å². The predicted octanol–water partition coefficient (Wildman–Crippen LogP) is 0.595. The summed E-state index contributed by atoms with van der Waals surface area (Å²) in [7, 11) is 0. The van der Waals surface area contributed by atoms with Crippen molar-refractivity contribution >= 4 is 5.78 Å². The van der Waals surface area contributed by atoms with E-state index in [1.165, 1.54) is 6.92 Å². The molecule has 0 N–H and O–H groups in total. The Bertz CT molecular complexity index is 59.8. The highest BCUT2D eigenvalue weighted by Gasteiger charge is 1.62. The molecule has 0 aliphatic rings. The molecule has 0 spiro atoms. The highest BCUT2D eigenvalue weighted by Crippen LogP contribution is 1.50. The van der Waals surface area contributed by atoms with Gasteiger partial charge in [-0.05, 0) is 13.8 Å². The molecule has 0 aromatic rings. The fourth-order valence-corrected chi connectivity index (χ4v) is 0. The topological polar surface area (TPSA) is 17.1 Å². The van der Waals surface area contributed by atoms with Crippen LogP contribution in [-0.2, 0) is 4.79 Å². The van der Waals surface area contributed by atoms with Crippen LogP contribution in [0, 0.1) is 0 Å². The summed E-state index contributed by atoms with van der Waals surface area (Å²) in [5.74, 6) is -0.407. The van der Waals surface area contributed by atoms with Gasteiger partial charge in [0.25, 0.3) is 0 Å². The van der Waals surface area contributed by atoms with Crippen molar-refractivity contribution in [1.82, 2.24) is 0 Å². The highest BCUT2D eigenvalue weighted by atomic mass is 16.1. The Morgan fingerprint density at radius 1 is 2.25 bits per heavy atom. The normalized spacial score (nSPS) is 14.5. The van der Waals surface area contributed by atoms with Crippen molar-refractivity contribution in [2.24, 2.45) is 0 Å². The zero-order chi connectivity index (χ0) is 5.15. The minimum absolute atomic E-state index is 0.407. The van der Waals surface area contributed by atoms with Crippen molar-refractivity contribution in [2.75, 3.05) is 0 Å². The lowest BCUT2D eigenvalue weighted by molar-refractivity contribution is -0.114. The van der Waals surface area contributed by atoms with Gasteiger partial charge in [-0.25, -0.2) is 0 Å². The maximum atomic E-state index is 9.77. The molecule has 0 aromatic carbocycles. The van der Waals surface area contributed by atoms with E-state index < -0.39 is 12.7 Å². The molecule has 0 heterocycles. The van der Waals surface area contributed by atoms with Crippen LogP contribution in [0.4, 0.5) is 0 Å². The van der Waals surface area contributed by atoms with E-state index in [0.29, 0.717) is 0 Å². The summed E-state index contributed by atoms with van der Waals surface area (Å²) in [6.45, 7) is -0.0602. The zero-order valence-electron chi connectivity index (χ0n) is 4.49. The molecule has 0 bridgehead atoms. The van der Waals surface area contributed by atoms with Crippen LogP contribution >= 0.6 is 0 Å². The molecule has 0 fully saturated rings. The zero-order valence-corrected chi connectivity index (χ0v) is 2.49. The standard InChI is InChI=1S/C3H6O/c1-3(2)4/h1-2H3/i1D2. The molecular weight excluding hydrogens is 52.0 g/mol. The lowest BCUT2D eigenvalue weighted by atomic mass is 10.6. The van der Waals surface area contributed by atoms with Gasteiger partial charge in [-0.2, -0.15) is 0 Å². The summed E-state index contributed by atoms with van der Waals surface area (Å²) in [5, 5.41) is 0. The average Bonchev–Trinajstić information content (AvgIpc) is 1.36. The largest absolute Gasteiger partial charge is 0.300 e. The molecule has 0 aliphatic carbocycles. The SMILES string of the molecule is [2H]C([2H])C(C)=O. The first-order chi connectivity index (χ1) is 2.64. The van der Waals surface area contributed by atoms with Gasteiger partial charge in [0.05, 0.1) is 0 Å². The minimum Gasteiger partial charge on any atom is -0.300 e. The molecule has 0 saturated heterocycles. The monoisotopic (exact) mass is 60.1 g/mol. The molecule has 1 heteroatoms. The summed E-state index contributed by atoms with van der Waals surface area (Å²) in [6, 6.07) is 0. The number of ketones is 1. The molecule has 1 nitrogen and oxygen atoms in total. The van der Waals surface area contributed by atoms with Gasteiger partial charge in [-0.3, -0.25) is 0 Å². The van der Waals surface area contributed by atoms with Gasteiger partial charge in [0.2, 0.25) is 0 Å². The summed E-state index contributed by atoms with van der Waals surface area (Å²) in [5.41, 5.74) is 0. The van der Waals surface area contributed by atoms with Crippen molar-refractivity contribution in [3.63, 3.8) is 0 Å². The first kappa shape index (κ1) is 1.20. The van der Waals surface area contributed by atoms with Crippen LogP contribution in [0.25, 0.3) is 0 Å². The Balaban J connectivity index is 3.26. The maximum Gasteiger partial charge on any atom is 0.126 e. The Hall–Kier alpha value is -0.330. The van der Waals surface area contributed by atoms with E-state index in [0.717, 1.165) is 0 Å². The molecule has 0 unspecified atom stereocenters. The van der Waals surface area contributed by atoms with E-state index >= 15 is 0 Å². The molecule has 0 saturated carbocycles. The van der Waals surface area contributed by atoms with E-state index in [-0.39, 0.29) is 0 Å². The van der Waals surface area contributed by atoms with Crippen LogP contribution in [0.5, 0.6) is 0 Å². The van der Waals surface area contributed by atoms with Gasteiger partial charge < -0.3 is 4.79 Å². The summed E-state index contributed by atoms with van der Waals surface area (Å²) >= 11 is 0. The van der Waals surface area contributed by atoms with Crippen LogP contribution in [0.1, 0.15) is 16.5 Å². The van der Waals surface area contributed by atoms with Gasteiger partial charge in [-0.1, -0.05) is 0 Å². The Morgan fingerprint density at radius 2 is 2.50 bits per heavy atom. The van der Waals surface area contributed by atoms with Crippen molar-refractivity contribution in [3.05, 3.63) is 0 Å². The minimum atomic E-state index is -1.29. The second-order valence-electron chi connectivity index (χ2n) is 0.611. The molecule has 0 aliphatic heterocycles. The molecule has 24 valence electrons. The van der Waals surface area contributed by atoms with Crippen molar-refractivity contribution in [3.8, 4) is 0 Å². The Labute approximate surface area is 28.4 Å². The third kappa shape index (κ3) is 6.88. The molecule has 0 aromatic heterocycles. The van der Waals surface area contributed by atoms with Gasteiger partial charge in [0.15, 0.2) is 0 Å². The number of hydrogen-bond acceptors (Lipinski definition) is 1. The molecule has 0 atom stereocenters. The van der Waals surface area contributed by atoms with E-state index in [1.54, 1.807) is 0 Å². The maximum absolute atomic E-state index is 9.77. The number of Topliss-reactive ketones (excluding diaryl/α,β-unsaturated/α-hetero) is 1. The van der Waals surface area contributed by atoms with Crippen molar-refractivity contribution in [1.29, 1.82) is 0 Å². The summed E-state index contributed by atoms with van der Waals surface area (Å²) < 4.78 is 12.7. The fourth-order valence-electron chi connectivity index (χ4n) is 0. The van der Waals surface area contributed by atoms with Gasteiger partial charge in [0, 0.05) is 2.74 Å². The van der Waals surface area contributed by atoms with E-state index in [4.69, 9.17) is 2.74 Å². The lowest BCUT2D eigenvalue weighted by Gasteiger charge is -1.56. The number of carbonyl (C=O) groups excluding carboxylic acids is 1. The molecule has 0 radical (unpaired) electrons. The Morgan fingerprint density at radius 3 is 2.50 bits per heavy atom. The molecule has 0 rings (SSSR count). The number of rotatable bonds is 0. The van der Waals surface area contributed by atoms with E-state index in [2.05, 4.69) is 0 Å². The third-order valence-electron chi connectivity index (χ3n) is 0. The third-order valence-corrected chi connectivity index (χ3v) is 0. The van der Waals surface area contributed by atoms with Crippen LogP contribution < -0.4 is 0 Å². The second kappa shape index (κ2) is 1.04. The van der Waals surface area contributed by atoms with Gasteiger partial charge in [-0.15, -0.1) is 0 Å². The first-order valence-corrected chi connectivity index (χ1v) is 0.993. The summed E-state index contributed by atoms with van der Waals surface area (Å²) in [6.07, 6.45) is 0. The fraction of sp³-hybridized carbons (Fsp3) is 0.667. The molecule has 0 amide bonds. The average molecular weight is 60.1 g/mol. The second-order valence-corrected chi connectivity index (χ2v) is 0.611. The Kier molecular flexibility index (Phi) is 0.313. The molecular formula is C3H6O. The highest BCUT2D eigenvalue weighted by molar-refractivity contribution is 5.72. The van der Waals surface area contributed by atoms with E-state index in [9.17, 15) is 4.79 Å². The van der Waals surface area contributed by atoms with Gasteiger partial charge >= 0.3 is 0 Å². The number of hydrogen-bond donors (Lipinski definition) is 0. The van der Waals surface area contributed by atoms with Crippen LogP contribution in [0.2, 0.25) is 0 Å². The van der Waals surface area contributed by atoms with E-state index in [1.807, 2.05) is 0 Å². The van der Waals surface area contributed by atoms with Crippen LogP contribution in [0.3, 0.4) is 0 Å². The number of carbonyl (C=O) groups is 1. The van der Waals surface area contributed by atoms with Crippen LogP contribution in [-0.4, -0.2) is 5.78 Å². The van der Waals surface area contributed by atoms with Crippen LogP contribution in [0.15, 0.2) is 0 Å². The quantitative estimate of drug-likeness (QED) is 0.400. The van der Waals surface area contributed by atoms with Gasteiger partial charge in [0.1, 0.15) is 5.78 Å². The molecule has 4 heavy (non-hydrogen) atoms. The van der Waals surface area contributed by atoms with Crippen molar-refractivity contribution in [2.45, 2.75) is 13.8 Å². The summed E-state index contributed by atoms with van der Waals surface area (Å²) in [4.78, 5) is 9.77.